The smallest absolute Gasteiger partial charge is 0.410 e. The van der Waals surface area contributed by atoms with Crippen LogP contribution in [-0.2, 0) is 4.74 Å². The Morgan fingerprint density at radius 2 is 2.00 bits per heavy atom. The number of benzene rings is 1. The summed E-state index contributed by atoms with van der Waals surface area (Å²) in [5.41, 5.74) is 0.806. The Bertz CT molecular complexity index is 655. The maximum absolute atomic E-state index is 12.1. The summed E-state index contributed by atoms with van der Waals surface area (Å²) in [4.78, 5) is 27.3. The second kappa shape index (κ2) is 7.52. The molecule has 0 radical (unpaired) electrons. The lowest BCUT2D eigenvalue weighted by Gasteiger charge is -2.24. The average Bonchev–Trinajstić information content (AvgIpc) is 2.93. The van der Waals surface area contributed by atoms with E-state index in [2.05, 4.69) is 5.32 Å². The Labute approximate surface area is 154 Å². The lowest BCUT2D eigenvalue weighted by molar-refractivity contribution is 0.0293. The first kappa shape index (κ1) is 19.4. The Balaban J connectivity index is 1.96. The van der Waals surface area contributed by atoms with Gasteiger partial charge in [-0.25, -0.2) is 4.79 Å². The van der Waals surface area contributed by atoms with Gasteiger partial charge in [-0.15, -0.1) is 0 Å². The number of anilines is 1. The molecule has 0 aromatic heterocycles. The molecule has 2 rings (SSSR count). The van der Waals surface area contributed by atoms with Gasteiger partial charge in [0.15, 0.2) is 0 Å². The molecule has 2 amide bonds. The molecule has 138 valence electrons. The Morgan fingerprint density at radius 3 is 2.56 bits per heavy atom. The van der Waals surface area contributed by atoms with E-state index >= 15 is 0 Å². The molecule has 1 aromatic carbocycles. The summed E-state index contributed by atoms with van der Waals surface area (Å²) in [6, 6.07) is 5.42. The minimum absolute atomic E-state index is 0.124. The van der Waals surface area contributed by atoms with E-state index in [1.54, 1.807) is 31.1 Å². The van der Waals surface area contributed by atoms with Crippen molar-refractivity contribution in [2.24, 2.45) is 0 Å². The van der Waals surface area contributed by atoms with Gasteiger partial charge in [-0.3, -0.25) is 4.79 Å². The van der Waals surface area contributed by atoms with Crippen LogP contribution in [0.15, 0.2) is 18.2 Å². The van der Waals surface area contributed by atoms with Crippen molar-refractivity contribution in [2.45, 2.75) is 38.8 Å². The first-order valence-electron chi connectivity index (χ1n) is 8.32. The molecule has 1 aliphatic heterocycles. The van der Waals surface area contributed by atoms with Crippen LogP contribution in [0.5, 0.6) is 0 Å². The number of halogens is 1. The third-order valence-corrected chi connectivity index (χ3v) is 4.13. The molecule has 1 saturated heterocycles. The van der Waals surface area contributed by atoms with E-state index < -0.39 is 5.60 Å². The molecule has 6 nitrogen and oxygen atoms in total. The molecular formula is C18H26ClN3O3. The van der Waals surface area contributed by atoms with Crippen molar-refractivity contribution >= 4 is 29.3 Å². The van der Waals surface area contributed by atoms with Crippen LogP contribution in [0.3, 0.4) is 0 Å². The summed E-state index contributed by atoms with van der Waals surface area (Å²) in [6.45, 7) is 6.79. The largest absolute Gasteiger partial charge is 0.444 e. The SMILES string of the molecule is CN(C)C(=O)c1ccc(N[C@H]2CCN(C(=O)OC(C)(C)C)C2)cc1Cl. The zero-order valence-corrected chi connectivity index (χ0v) is 16.2. The van der Waals surface area contributed by atoms with Gasteiger partial charge in [-0.1, -0.05) is 11.6 Å². The number of nitrogens with one attached hydrogen (secondary N) is 1. The Hall–Kier alpha value is -1.95. The summed E-state index contributed by atoms with van der Waals surface area (Å²) in [7, 11) is 3.38. The van der Waals surface area contributed by atoms with Gasteiger partial charge in [0.25, 0.3) is 5.91 Å². The van der Waals surface area contributed by atoms with Crippen LogP contribution in [-0.4, -0.2) is 60.6 Å². The molecule has 1 N–H and O–H groups in total. The number of likely N-dealkylation sites (tertiary alicyclic amines) is 1. The third-order valence-electron chi connectivity index (χ3n) is 3.82. The monoisotopic (exact) mass is 367 g/mol. The van der Waals surface area contributed by atoms with Gasteiger partial charge in [0.05, 0.1) is 10.6 Å². The summed E-state index contributed by atoms with van der Waals surface area (Å²) >= 11 is 6.23. The highest BCUT2D eigenvalue weighted by Gasteiger charge is 2.29. The van der Waals surface area contributed by atoms with Crippen molar-refractivity contribution in [1.82, 2.24) is 9.80 Å². The Kier molecular flexibility index (Phi) is 5.83. The third kappa shape index (κ3) is 5.26. The molecule has 0 aliphatic carbocycles. The van der Waals surface area contributed by atoms with Crippen molar-refractivity contribution in [3.63, 3.8) is 0 Å². The fourth-order valence-electron chi connectivity index (χ4n) is 2.63. The van der Waals surface area contributed by atoms with E-state index in [-0.39, 0.29) is 18.0 Å². The molecule has 0 bridgehead atoms. The van der Waals surface area contributed by atoms with Crippen LogP contribution in [0.4, 0.5) is 10.5 Å². The van der Waals surface area contributed by atoms with Crippen LogP contribution in [0.1, 0.15) is 37.6 Å². The minimum atomic E-state index is -0.495. The van der Waals surface area contributed by atoms with Crippen molar-refractivity contribution in [3.8, 4) is 0 Å². The first-order chi connectivity index (χ1) is 11.6. The number of amides is 2. The quantitative estimate of drug-likeness (QED) is 0.888. The fraction of sp³-hybridized carbons (Fsp3) is 0.556. The van der Waals surface area contributed by atoms with E-state index in [1.165, 1.54) is 4.90 Å². The van der Waals surface area contributed by atoms with Crippen molar-refractivity contribution in [2.75, 3.05) is 32.5 Å². The highest BCUT2D eigenvalue weighted by molar-refractivity contribution is 6.34. The van der Waals surface area contributed by atoms with Crippen LogP contribution in [0.2, 0.25) is 5.02 Å². The van der Waals surface area contributed by atoms with E-state index in [0.29, 0.717) is 23.7 Å². The Morgan fingerprint density at radius 1 is 1.32 bits per heavy atom. The molecule has 0 unspecified atom stereocenters. The lowest BCUT2D eigenvalue weighted by atomic mass is 10.1. The number of nitrogens with zero attached hydrogens (tertiary/aromatic N) is 2. The van der Waals surface area contributed by atoms with Crippen molar-refractivity contribution < 1.29 is 14.3 Å². The minimum Gasteiger partial charge on any atom is -0.444 e. The standard InChI is InChI=1S/C18H26ClN3O3/c1-18(2,3)25-17(24)22-9-8-13(11-22)20-12-6-7-14(15(19)10-12)16(23)21(4)5/h6-7,10,13,20H,8-9,11H2,1-5H3/t13-/m0/s1. The van der Waals surface area contributed by atoms with E-state index in [4.69, 9.17) is 16.3 Å². The zero-order chi connectivity index (χ0) is 18.8. The number of hydrogen-bond donors (Lipinski definition) is 1. The summed E-state index contributed by atoms with van der Waals surface area (Å²) in [5, 5.41) is 3.77. The van der Waals surface area contributed by atoms with E-state index in [0.717, 1.165) is 12.1 Å². The molecule has 1 aromatic rings. The van der Waals surface area contributed by atoms with Crippen LogP contribution >= 0.6 is 11.6 Å². The van der Waals surface area contributed by atoms with Gasteiger partial charge in [0, 0.05) is 38.9 Å². The number of hydrogen-bond acceptors (Lipinski definition) is 4. The van der Waals surface area contributed by atoms with E-state index in [9.17, 15) is 9.59 Å². The summed E-state index contributed by atoms with van der Waals surface area (Å²) in [5.74, 6) is -0.131. The number of carbonyl (C=O) groups is 2. The van der Waals surface area contributed by atoms with Crippen molar-refractivity contribution in [1.29, 1.82) is 0 Å². The molecule has 0 saturated carbocycles. The fourth-order valence-corrected chi connectivity index (χ4v) is 2.89. The van der Waals surface area contributed by atoms with Gasteiger partial charge in [-0.05, 0) is 45.4 Å². The summed E-state index contributed by atoms with van der Waals surface area (Å²) in [6.07, 6.45) is 0.539. The van der Waals surface area contributed by atoms with Crippen LogP contribution < -0.4 is 5.32 Å². The normalized spacial score (nSPS) is 17.4. The number of ether oxygens (including phenoxy) is 1. The highest BCUT2D eigenvalue weighted by Crippen LogP contribution is 2.24. The molecule has 1 heterocycles. The lowest BCUT2D eigenvalue weighted by Crippen LogP contribution is -2.36. The zero-order valence-electron chi connectivity index (χ0n) is 15.4. The number of rotatable bonds is 3. The van der Waals surface area contributed by atoms with Crippen LogP contribution in [0, 0.1) is 0 Å². The predicted octanol–water partition coefficient (Wildman–Crippen LogP) is 3.46. The molecular weight excluding hydrogens is 342 g/mol. The first-order valence-corrected chi connectivity index (χ1v) is 8.70. The molecule has 7 heteroatoms. The van der Waals surface area contributed by atoms with Gasteiger partial charge in [0.1, 0.15) is 5.60 Å². The summed E-state index contributed by atoms with van der Waals surface area (Å²) < 4.78 is 5.40. The second-order valence-corrected chi connectivity index (χ2v) is 7.86. The highest BCUT2D eigenvalue weighted by atomic mass is 35.5. The molecule has 1 atom stereocenters. The predicted molar refractivity (Wildman–Crippen MR) is 99.3 cm³/mol. The molecule has 1 fully saturated rings. The van der Waals surface area contributed by atoms with E-state index in [1.807, 2.05) is 26.8 Å². The average molecular weight is 368 g/mol. The van der Waals surface area contributed by atoms with Crippen molar-refractivity contribution in [3.05, 3.63) is 28.8 Å². The van der Waals surface area contributed by atoms with Gasteiger partial charge >= 0.3 is 6.09 Å². The molecule has 1 aliphatic rings. The second-order valence-electron chi connectivity index (χ2n) is 7.45. The molecule has 25 heavy (non-hydrogen) atoms. The maximum Gasteiger partial charge on any atom is 0.410 e. The van der Waals surface area contributed by atoms with Gasteiger partial charge < -0.3 is 19.9 Å². The van der Waals surface area contributed by atoms with Gasteiger partial charge in [0.2, 0.25) is 0 Å². The maximum atomic E-state index is 12.1. The number of carbonyl (C=O) groups excluding carboxylic acids is 2. The topological polar surface area (TPSA) is 61.9 Å². The molecule has 0 spiro atoms. The van der Waals surface area contributed by atoms with Gasteiger partial charge in [-0.2, -0.15) is 0 Å². The van der Waals surface area contributed by atoms with Crippen LogP contribution in [0.25, 0.3) is 0 Å².